The van der Waals surface area contributed by atoms with Crippen molar-refractivity contribution in [2.45, 2.75) is 6.92 Å². The maximum Gasteiger partial charge on any atom is 0.100 e. The summed E-state index contributed by atoms with van der Waals surface area (Å²) in [5, 5.41) is 11.7. The zero-order valence-electron chi connectivity index (χ0n) is 6.99. The third kappa shape index (κ3) is 1.83. The summed E-state index contributed by atoms with van der Waals surface area (Å²) in [6.07, 6.45) is 0. The van der Waals surface area contributed by atoms with Crippen LogP contribution in [0.15, 0.2) is 29.4 Å². The molecule has 3 nitrogen and oxygen atoms in total. The fraction of sp³-hybridized carbons (Fsp3) is 0.222. The van der Waals surface area contributed by atoms with Gasteiger partial charge in [0.2, 0.25) is 0 Å². The number of hydrogen-bond donors (Lipinski definition) is 2. The van der Waals surface area contributed by atoms with Gasteiger partial charge in [0.15, 0.2) is 0 Å². The van der Waals surface area contributed by atoms with Crippen molar-refractivity contribution in [3.8, 4) is 0 Å². The van der Waals surface area contributed by atoms with Gasteiger partial charge >= 0.3 is 0 Å². The van der Waals surface area contributed by atoms with E-state index in [1.807, 2.05) is 31.2 Å². The van der Waals surface area contributed by atoms with E-state index in [0.29, 0.717) is 5.71 Å². The van der Waals surface area contributed by atoms with Crippen LogP contribution in [0.4, 0.5) is 0 Å². The number of nitrogens with zero attached hydrogens (tertiary/aromatic N) is 1. The summed E-state index contributed by atoms with van der Waals surface area (Å²) in [6, 6.07) is 7.68. The van der Waals surface area contributed by atoms with E-state index in [0.717, 1.165) is 5.56 Å². The van der Waals surface area contributed by atoms with Crippen LogP contribution in [0, 0.1) is 6.92 Å². The van der Waals surface area contributed by atoms with Gasteiger partial charge in [0, 0.05) is 12.1 Å². The van der Waals surface area contributed by atoms with Crippen LogP contribution in [-0.4, -0.2) is 17.5 Å². The number of benzene rings is 1. The van der Waals surface area contributed by atoms with Gasteiger partial charge in [0.25, 0.3) is 0 Å². The third-order valence-electron chi connectivity index (χ3n) is 1.70. The molecular weight excluding hydrogens is 152 g/mol. The van der Waals surface area contributed by atoms with Gasteiger partial charge in [-0.25, -0.2) is 0 Å². The van der Waals surface area contributed by atoms with Crippen LogP contribution in [0.25, 0.3) is 0 Å². The van der Waals surface area contributed by atoms with Gasteiger partial charge in [-0.2, -0.15) is 0 Å². The largest absolute Gasteiger partial charge is 0.411 e. The molecule has 0 spiro atoms. The Hall–Kier alpha value is -1.35. The van der Waals surface area contributed by atoms with E-state index in [4.69, 9.17) is 10.9 Å². The first-order valence-electron chi connectivity index (χ1n) is 3.76. The van der Waals surface area contributed by atoms with Crippen LogP contribution in [0.5, 0.6) is 0 Å². The van der Waals surface area contributed by atoms with E-state index < -0.39 is 0 Å². The normalized spacial score (nSPS) is 11.7. The molecule has 0 radical (unpaired) electrons. The van der Waals surface area contributed by atoms with E-state index in [9.17, 15) is 0 Å². The van der Waals surface area contributed by atoms with E-state index in [1.54, 1.807) is 0 Å². The first-order valence-corrected chi connectivity index (χ1v) is 3.76. The third-order valence-corrected chi connectivity index (χ3v) is 1.70. The number of rotatable bonds is 2. The lowest BCUT2D eigenvalue weighted by Crippen LogP contribution is -2.14. The molecular formula is C9H12N2O. The Balaban J connectivity index is 2.96. The Kier molecular flexibility index (Phi) is 2.82. The fourth-order valence-electron chi connectivity index (χ4n) is 0.962. The highest BCUT2D eigenvalue weighted by molar-refractivity contribution is 6.01. The molecule has 3 heteroatoms. The lowest BCUT2D eigenvalue weighted by Gasteiger charge is -2.00. The highest BCUT2D eigenvalue weighted by Crippen LogP contribution is 2.03. The Morgan fingerprint density at radius 1 is 1.42 bits per heavy atom. The second-order valence-corrected chi connectivity index (χ2v) is 2.62. The quantitative estimate of drug-likeness (QED) is 0.391. The van der Waals surface area contributed by atoms with Crippen molar-refractivity contribution in [2.75, 3.05) is 6.54 Å². The molecule has 12 heavy (non-hydrogen) atoms. The summed E-state index contributed by atoms with van der Waals surface area (Å²) >= 11 is 0. The minimum atomic E-state index is 0.250. The van der Waals surface area contributed by atoms with Crippen molar-refractivity contribution >= 4 is 5.71 Å². The van der Waals surface area contributed by atoms with Gasteiger partial charge in [-0.15, -0.1) is 0 Å². The van der Waals surface area contributed by atoms with Crippen LogP contribution >= 0.6 is 0 Å². The van der Waals surface area contributed by atoms with Crippen molar-refractivity contribution in [2.24, 2.45) is 10.9 Å². The SMILES string of the molecule is Cc1ccc(/C(CN)=N/O)cc1. The topological polar surface area (TPSA) is 58.6 Å². The number of hydrogen-bond acceptors (Lipinski definition) is 3. The first kappa shape index (κ1) is 8.74. The molecule has 0 aromatic heterocycles. The Morgan fingerprint density at radius 3 is 2.42 bits per heavy atom. The highest BCUT2D eigenvalue weighted by Gasteiger charge is 1.99. The van der Waals surface area contributed by atoms with Gasteiger partial charge < -0.3 is 10.9 Å². The predicted octanol–water partition coefficient (Wildman–Crippen LogP) is 1.13. The number of aryl methyl sites for hydroxylation is 1. The van der Waals surface area contributed by atoms with Crippen LogP contribution < -0.4 is 5.73 Å². The molecule has 0 aliphatic heterocycles. The zero-order chi connectivity index (χ0) is 8.97. The zero-order valence-corrected chi connectivity index (χ0v) is 6.99. The van der Waals surface area contributed by atoms with E-state index >= 15 is 0 Å². The highest BCUT2D eigenvalue weighted by atomic mass is 16.4. The molecule has 0 aliphatic carbocycles. The van der Waals surface area contributed by atoms with E-state index in [2.05, 4.69) is 5.16 Å². The molecule has 0 bridgehead atoms. The van der Waals surface area contributed by atoms with E-state index in [-0.39, 0.29) is 6.54 Å². The van der Waals surface area contributed by atoms with Gasteiger partial charge in [-0.3, -0.25) is 0 Å². The molecule has 0 atom stereocenters. The molecule has 0 heterocycles. The Bertz CT molecular complexity index is 277. The fourth-order valence-corrected chi connectivity index (χ4v) is 0.962. The summed E-state index contributed by atoms with van der Waals surface area (Å²) < 4.78 is 0. The molecule has 1 aromatic carbocycles. The molecule has 1 rings (SSSR count). The van der Waals surface area contributed by atoms with Crippen LogP contribution in [0.3, 0.4) is 0 Å². The molecule has 64 valence electrons. The maximum absolute atomic E-state index is 8.56. The predicted molar refractivity (Wildman–Crippen MR) is 48.6 cm³/mol. The van der Waals surface area contributed by atoms with Crippen molar-refractivity contribution in [1.82, 2.24) is 0 Å². The summed E-state index contributed by atoms with van der Waals surface area (Å²) in [7, 11) is 0. The molecule has 0 aliphatic rings. The first-order chi connectivity index (χ1) is 5.77. The van der Waals surface area contributed by atoms with Gasteiger partial charge in [-0.05, 0) is 6.92 Å². The van der Waals surface area contributed by atoms with Crippen LogP contribution in [0.2, 0.25) is 0 Å². The average Bonchev–Trinajstić information content (AvgIpc) is 2.10. The molecule has 1 aromatic rings. The summed E-state index contributed by atoms with van der Waals surface area (Å²) in [6.45, 7) is 2.25. The van der Waals surface area contributed by atoms with Crippen LogP contribution in [-0.2, 0) is 0 Å². The smallest absolute Gasteiger partial charge is 0.100 e. The molecule has 0 saturated carbocycles. The average molecular weight is 164 g/mol. The molecule has 0 fully saturated rings. The minimum Gasteiger partial charge on any atom is -0.411 e. The summed E-state index contributed by atoms with van der Waals surface area (Å²) in [4.78, 5) is 0. The van der Waals surface area contributed by atoms with Crippen LogP contribution in [0.1, 0.15) is 11.1 Å². The minimum absolute atomic E-state index is 0.250. The Morgan fingerprint density at radius 2 is 2.00 bits per heavy atom. The summed E-state index contributed by atoms with van der Waals surface area (Å²) in [5.41, 5.74) is 7.91. The standard InChI is InChI=1S/C9H12N2O/c1-7-2-4-8(5-3-7)9(6-10)11-12/h2-5,12H,6,10H2,1H3/b11-9+. The Labute approximate surface area is 71.5 Å². The summed E-state index contributed by atoms with van der Waals surface area (Å²) in [5.74, 6) is 0. The maximum atomic E-state index is 8.56. The number of oxime groups is 1. The molecule has 0 saturated heterocycles. The second kappa shape index (κ2) is 3.88. The van der Waals surface area contributed by atoms with E-state index in [1.165, 1.54) is 5.56 Å². The molecule has 0 amide bonds. The second-order valence-electron chi connectivity index (χ2n) is 2.62. The lowest BCUT2D eigenvalue weighted by molar-refractivity contribution is 0.318. The number of nitrogens with two attached hydrogens (primary N) is 1. The lowest BCUT2D eigenvalue weighted by atomic mass is 10.1. The van der Waals surface area contributed by atoms with Gasteiger partial charge in [-0.1, -0.05) is 35.0 Å². The van der Waals surface area contributed by atoms with Crippen molar-refractivity contribution in [1.29, 1.82) is 0 Å². The monoisotopic (exact) mass is 164 g/mol. The van der Waals surface area contributed by atoms with Gasteiger partial charge in [0.1, 0.15) is 5.71 Å². The van der Waals surface area contributed by atoms with Gasteiger partial charge in [0.05, 0.1) is 0 Å². The molecule has 0 unspecified atom stereocenters. The van der Waals surface area contributed by atoms with Crippen molar-refractivity contribution in [3.63, 3.8) is 0 Å². The van der Waals surface area contributed by atoms with Crippen molar-refractivity contribution < 1.29 is 5.21 Å². The molecule has 3 N–H and O–H groups in total. The van der Waals surface area contributed by atoms with Crippen molar-refractivity contribution in [3.05, 3.63) is 35.4 Å².